The van der Waals surface area contributed by atoms with Crippen LogP contribution in [0.2, 0.25) is 0 Å². The smallest absolute Gasteiger partial charge is 0.222 e. The molecule has 0 aliphatic carbocycles. The SMILES string of the molecule is COc1cccc2c1nc(N)n1nc(Cc3cc(F)cc(C#N)c3)cc21. The number of ether oxygens (including phenoxy) is 1. The Hall–Kier alpha value is -3.66. The van der Waals surface area contributed by atoms with Gasteiger partial charge < -0.3 is 10.5 Å². The maximum atomic E-state index is 13.7. The molecule has 0 radical (unpaired) electrons. The Balaban J connectivity index is 1.86. The molecular formula is C19H14FN5O. The highest BCUT2D eigenvalue weighted by molar-refractivity contribution is 5.97. The van der Waals surface area contributed by atoms with Crippen LogP contribution in [-0.2, 0) is 6.42 Å². The number of nitrogens with zero attached hydrogens (tertiary/aromatic N) is 4. The van der Waals surface area contributed by atoms with Gasteiger partial charge in [-0.2, -0.15) is 14.9 Å². The molecule has 0 unspecified atom stereocenters. The lowest BCUT2D eigenvalue weighted by molar-refractivity contribution is 0.419. The number of halogens is 1. The van der Waals surface area contributed by atoms with Crippen molar-refractivity contribution in [3.63, 3.8) is 0 Å². The molecule has 0 aliphatic rings. The number of hydrogen-bond donors (Lipinski definition) is 1. The minimum absolute atomic E-state index is 0.236. The van der Waals surface area contributed by atoms with E-state index >= 15 is 0 Å². The van der Waals surface area contributed by atoms with Gasteiger partial charge in [0.25, 0.3) is 0 Å². The molecule has 0 bridgehead atoms. The van der Waals surface area contributed by atoms with Gasteiger partial charge in [-0.15, -0.1) is 0 Å². The van der Waals surface area contributed by atoms with Crippen molar-refractivity contribution in [2.24, 2.45) is 0 Å². The van der Waals surface area contributed by atoms with Crippen LogP contribution >= 0.6 is 0 Å². The van der Waals surface area contributed by atoms with Crippen molar-refractivity contribution in [1.29, 1.82) is 5.26 Å². The highest BCUT2D eigenvalue weighted by atomic mass is 19.1. The topological polar surface area (TPSA) is 89.2 Å². The van der Waals surface area contributed by atoms with Gasteiger partial charge in [0, 0.05) is 11.8 Å². The molecule has 0 saturated heterocycles. The van der Waals surface area contributed by atoms with Gasteiger partial charge in [0.15, 0.2) is 0 Å². The van der Waals surface area contributed by atoms with Crippen LogP contribution in [0.25, 0.3) is 16.4 Å². The first-order chi connectivity index (χ1) is 12.6. The van der Waals surface area contributed by atoms with E-state index in [2.05, 4.69) is 10.1 Å². The third kappa shape index (κ3) is 2.58. The van der Waals surface area contributed by atoms with E-state index in [9.17, 15) is 4.39 Å². The molecule has 0 amide bonds. The molecule has 0 spiro atoms. The van der Waals surface area contributed by atoms with Crippen molar-refractivity contribution in [2.75, 3.05) is 12.8 Å². The fourth-order valence-corrected chi connectivity index (χ4v) is 3.08. The van der Waals surface area contributed by atoms with Crippen molar-refractivity contribution in [3.8, 4) is 11.8 Å². The molecule has 2 aromatic carbocycles. The van der Waals surface area contributed by atoms with E-state index in [1.807, 2.05) is 30.3 Å². The zero-order valence-electron chi connectivity index (χ0n) is 13.9. The van der Waals surface area contributed by atoms with Gasteiger partial charge in [0.1, 0.15) is 17.1 Å². The minimum Gasteiger partial charge on any atom is -0.494 e. The van der Waals surface area contributed by atoms with E-state index in [0.29, 0.717) is 28.9 Å². The molecule has 0 atom stereocenters. The zero-order chi connectivity index (χ0) is 18.3. The van der Waals surface area contributed by atoms with Crippen molar-refractivity contribution < 1.29 is 9.13 Å². The lowest BCUT2D eigenvalue weighted by Crippen LogP contribution is -2.03. The number of para-hydroxylation sites is 1. The molecule has 4 rings (SSSR count). The van der Waals surface area contributed by atoms with Gasteiger partial charge in [-0.25, -0.2) is 9.37 Å². The molecule has 2 aromatic heterocycles. The number of rotatable bonds is 3. The molecule has 0 fully saturated rings. The van der Waals surface area contributed by atoms with Gasteiger partial charge >= 0.3 is 0 Å². The van der Waals surface area contributed by atoms with E-state index in [4.69, 9.17) is 15.7 Å². The largest absolute Gasteiger partial charge is 0.494 e. The average Bonchev–Trinajstić information content (AvgIpc) is 3.05. The summed E-state index contributed by atoms with van der Waals surface area (Å²) < 4.78 is 20.6. The van der Waals surface area contributed by atoms with E-state index in [0.717, 1.165) is 10.9 Å². The average molecular weight is 347 g/mol. The predicted molar refractivity (Wildman–Crippen MR) is 95.4 cm³/mol. The summed E-state index contributed by atoms with van der Waals surface area (Å²) in [6.07, 6.45) is 0.374. The van der Waals surface area contributed by atoms with E-state index < -0.39 is 5.82 Å². The summed E-state index contributed by atoms with van der Waals surface area (Å²) in [5.41, 5.74) is 9.14. The monoisotopic (exact) mass is 347 g/mol. The maximum absolute atomic E-state index is 13.7. The molecule has 6 nitrogen and oxygen atoms in total. The number of benzene rings is 2. The summed E-state index contributed by atoms with van der Waals surface area (Å²) in [5, 5.41) is 14.3. The number of nitrogen functional groups attached to an aromatic ring is 1. The number of anilines is 1. The molecule has 26 heavy (non-hydrogen) atoms. The fourth-order valence-electron chi connectivity index (χ4n) is 3.08. The second-order valence-electron chi connectivity index (χ2n) is 5.90. The van der Waals surface area contributed by atoms with Crippen LogP contribution in [0.4, 0.5) is 10.3 Å². The highest BCUT2D eigenvalue weighted by Crippen LogP contribution is 2.29. The lowest BCUT2D eigenvalue weighted by Gasteiger charge is -2.07. The third-order valence-electron chi connectivity index (χ3n) is 4.17. The molecular weight excluding hydrogens is 333 g/mol. The van der Waals surface area contributed by atoms with Crippen molar-refractivity contribution in [2.45, 2.75) is 6.42 Å². The highest BCUT2D eigenvalue weighted by Gasteiger charge is 2.13. The Labute approximate surface area is 148 Å². The van der Waals surface area contributed by atoms with Crippen molar-refractivity contribution in [3.05, 3.63) is 65.1 Å². The van der Waals surface area contributed by atoms with Gasteiger partial charge in [-0.3, -0.25) is 0 Å². The summed E-state index contributed by atoms with van der Waals surface area (Å²) in [5.74, 6) is 0.419. The van der Waals surface area contributed by atoms with Crippen LogP contribution in [0, 0.1) is 17.1 Å². The second kappa shape index (κ2) is 6.01. The zero-order valence-corrected chi connectivity index (χ0v) is 13.9. The Bertz CT molecular complexity index is 1190. The Morgan fingerprint density at radius 1 is 1.27 bits per heavy atom. The number of aromatic nitrogens is 3. The first kappa shape index (κ1) is 15.8. The van der Waals surface area contributed by atoms with Gasteiger partial charge in [0.05, 0.1) is 30.0 Å². The Morgan fingerprint density at radius 2 is 2.12 bits per heavy atom. The van der Waals surface area contributed by atoms with Gasteiger partial charge in [0.2, 0.25) is 5.95 Å². The number of hydrogen-bond acceptors (Lipinski definition) is 5. The summed E-state index contributed by atoms with van der Waals surface area (Å²) in [4.78, 5) is 4.39. The summed E-state index contributed by atoms with van der Waals surface area (Å²) >= 11 is 0. The molecule has 2 N–H and O–H groups in total. The van der Waals surface area contributed by atoms with Crippen LogP contribution in [0.5, 0.6) is 5.75 Å². The standard InChI is InChI=1S/C19H14FN5O/c1-26-17-4-2-3-15-16-9-14(24-25(16)19(22)23-18(15)17)8-11-5-12(10-21)7-13(20)6-11/h2-7,9H,8H2,1H3,(H2,22,23). The molecule has 2 heterocycles. The van der Waals surface area contributed by atoms with Crippen LogP contribution in [-0.4, -0.2) is 21.7 Å². The number of methoxy groups -OCH3 is 1. The molecule has 7 heteroatoms. The van der Waals surface area contributed by atoms with E-state index in [-0.39, 0.29) is 11.5 Å². The summed E-state index contributed by atoms with van der Waals surface area (Å²) in [7, 11) is 1.58. The number of fused-ring (bicyclic) bond motifs is 3. The van der Waals surface area contributed by atoms with Crippen molar-refractivity contribution in [1.82, 2.24) is 14.6 Å². The molecule has 4 aromatic rings. The minimum atomic E-state index is -0.445. The number of nitriles is 1. The molecule has 0 aliphatic heterocycles. The Kier molecular flexibility index (Phi) is 3.66. The third-order valence-corrected chi connectivity index (χ3v) is 4.17. The van der Waals surface area contributed by atoms with Crippen molar-refractivity contribution >= 4 is 22.4 Å². The Morgan fingerprint density at radius 3 is 2.88 bits per heavy atom. The molecule has 0 saturated carbocycles. The normalized spacial score (nSPS) is 11.0. The predicted octanol–water partition coefficient (Wildman–Crippen LogP) is 3.07. The summed E-state index contributed by atoms with van der Waals surface area (Å²) in [6, 6.07) is 13.7. The number of nitrogens with two attached hydrogens (primary N) is 1. The maximum Gasteiger partial charge on any atom is 0.222 e. The van der Waals surface area contributed by atoms with Crippen LogP contribution < -0.4 is 10.5 Å². The van der Waals surface area contributed by atoms with Gasteiger partial charge in [-0.1, -0.05) is 12.1 Å². The van der Waals surface area contributed by atoms with E-state index in [1.165, 1.54) is 12.1 Å². The molecule has 128 valence electrons. The summed E-state index contributed by atoms with van der Waals surface area (Å²) in [6.45, 7) is 0. The van der Waals surface area contributed by atoms with E-state index in [1.54, 1.807) is 17.7 Å². The van der Waals surface area contributed by atoms with Gasteiger partial charge in [-0.05, 0) is 35.9 Å². The van der Waals surface area contributed by atoms with Crippen LogP contribution in [0.15, 0.2) is 42.5 Å². The second-order valence-corrected chi connectivity index (χ2v) is 5.90. The van der Waals surface area contributed by atoms with Crippen LogP contribution in [0.3, 0.4) is 0 Å². The fraction of sp³-hybridized carbons (Fsp3) is 0.105. The first-order valence-electron chi connectivity index (χ1n) is 7.89. The van der Waals surface area contributed by atoms with Crippen LogP contribution in [0.1, 0.15) is 16.8 Å². The quantitative estimate of drug-likeness (QED) is 0.615. The lowest BCUT2D eigenvalue weighted by atomic mass is 10.1. The first-order valence-corrected chi connectivity index (χ1v) is 7.89.